The van der Waals surface area contributed by atoms with Gasteiger partial charge in [0.05, 0.1) is 13.1 Å². The van der Waals surface area contributed by atoms with Crippen molar-refractivity contribution in [2.75, 3.05) is 13.6 Å². The smallest absolute Gasteiger partial charge is 0.226 e. The molecule has 25 heavy (non-hydrogen) atoms. The van der Waals surface area contributed by atoms with Gasteiger partial charge in [-0.2, -0.15) is 0 Å². The molecule has 1 aromatic heterocycles. The largest absolute Gasteiger partial charge is 0.335 e. The van der Waals surface area contributed by atoms with Crippen LogP contribution in [0.2, 0.25) is 0 Å². The lowest BCUT2D eigenvalue weighted by molar-refractivity contribution is -0.137. The quantitative estimate of drug-likeness (QED) is 0.840. The Hall–Kier alpha value is -1.43. The molecule has 1 aliphatic heterocycles. The van der Waals surface area contributed by atoms with Crippen LogP contribution in [0.3, 0.4) is 0 Å². The summed E-state index contributed by atoms with van der Waals surface area (Å²) in [6.07, 6.45) is 5.46. The Morgan fingerprint density at radius 3 is 2.60 bits per heavy atom. The summed E-state index contributed by atoms with van der Waals surface area (Å²) in [7, 11) is 2.11. The highest BCUT2D eigenvalue weighted by molar-refractivity contribution is 5.78. The topological polar surface area (TPSA) is 54.3 Å². The van der Waals surface area contributed by atoms with E-state index in [9.17, 15) is 4.79 Å². The van der Waals surface area contributed by atoms with Crippen LogP contribution >= 0.6 is 0 Å². The minimum atomic E-state index is 0.220. The average Bonchev–Trinajstić information content (AvgIpc) is 2.83. The van der Waals surface area contributed by atoms with Crippen LogP contribution in [0.4, 0.5) is 0 Å². The Labute approximate surface area is 151 Å². The molecule has 0 unspecified atom stereocenters. The van der Waals surface area contributed by atoms with Gasteiger partial charge in [0.1, 0.15) is 5.82 Å². The second-order valence-electron chi connectivity index (χ2n) is 8.26. The summed E-state index contributed by atoms with van der Waals surface area (Å²) in [6.45, 7) is 9.84. The van der Waals surface area contributed by atoms with Crippen molar-refractivity contribution in [2.24, 2.45) is 11.8 Å². The van der Waals surface area contributed by atoms with Crippen LogP contribution in [0.15, 0.2) is 0 Å². The molecule has 1 aromatic rings. The first-order chi connectivity index (χ1) is 12.0. The number of rotatable bonds is 4. The first-order valence-corrected chi connectivity index (χ1v) is 9.85. The molecule has 0 N–H and O–H groups in total. The molecule has 0 saturated heterocycles. The van der Waals surface area contributed by atoms with Gasteiger partial charge in [0.25, 0.3) is 0 Å². The summed E-state index contributed by atoms with van der Waals surface area (Å²) in [6, 6.07) is 0.477. The summed E-state index contributed by atoms with van der Waals surface area (Å²) in [5, 5.41) is 8.82. The molecule has 2 aliphatic rings. The van der Waals surface area contributed by atoms with Crippen molar-refractivity contribution in [3.8, 4) is 0 Å². The molecule has 6 heteroatoms. The van der Waals surface area contributed by atoms with E-state index in [-0.39, 0.29) is 5.92 Å². The van der Waals surface area contributed by atoms with Gasteiger partial charge in [-0.3, -0.25) is 9.69 Å². The molecule has 1 amide bonds. The third kappa shape index (κ3) is 4.22. The van der Waals surface area contributed by atoms with Gasteiger partial charge < -0.3 is 9.47 Å². The van der Waals surface area contributed by atoms with Crippen molar-refractivity contribution >= 4 is 5.91 Å². The molecular formula is C19H33N5O. The van der Waals surface area contributed by atoms with Gasteiger partial charge in [-0.15, -0.1) is 10.2 Å². The van der Waals surface area contributed by atoms with Crippen LogP contribution in [0.25, 0.3) is 0 Å². The molecule has 0 radical (unpaired) electrons. The number of amides is 1. The van der Waals surface area contributed by atoms with Gasteiger partial charge in [-0.05, 0) is 58.9 Å². The van der Waals surface area contributed by atoms with Gasteiger partial charge in [0, 0.05) is 25.0 Å². The predicted octanol–water partition coefficient (Wildman–Crippen LogP) is 2.68. The first-order valence-electron chi connectivity index (χ1n) is 9.85. The molecular weight excluding hydrogens is 314 g/mol. The van der Waals surface area contributed by atoms with E-state index in [1.54, 1.807) is 0 Å². The van der Waals surface area contributed by atoms with Gasteiger partial charge in [0.15, 0.2) is 5.82 Å². The Morgan fingerprint density at radius 2 is 1.92 bits per heavy atom. The predicted molar refractivity (Wildman–Crippen MR) is 97.8 cm³/mol. The van der Waals surface area contributed by atoms with Gasteiger partial charge >= 0.3 is 0 Å². The monoisotopic (exact) mass is 347 g/mol. The number of carbonyl (C=O) groups excluding carboxylic acids is 1. The fourth-order valence-corrected chi connectivity index (χ4v) is 3.89. The molecule has 0 aromatic carbocycles. The summed E-state index contributed by atoms with van der Waals surface area (Å²) >= 11 is 0. The van der Waals surface area contributed by atoms with E-state index in [2.05, 4.69) is 47.5 Å². The molecule has 1 saturated carbocycles. The minimum absolute atomic E-state index is 0.220. The van der Waals surface area contributed by atoms with Crippen LogP contribution < -0.4 is 0 Å². The number of carbonyl (C=O) groups is 1. The Bertz CT molecular complexity index is 589. The van der Waals surface area contributed by atoms with E-state index < -0.39 is 0 Å². The average molecular weight is 348 g/mol. The molecule has 6 nitrogen and oxygen atoms in total. The number of nitrogens with zero attached hydrogens (tertiary/aromatic N) is 5. The summed E-state index contributed by atoms with van der Waals surface area (Å²) in [4.78, 5) is 17.3. The second kappa shape index (κ2) is 7.85. The fourth-order valence-electron chi connectivity index (χ4n) is 3.89. The van der Waals surface area contributed by atoms with Crippen molar-refractivity contribution in [2.45, 2.75) is 78.6 Å². The maximum Gasteiger partial charge on any atom is 0.226 e. The van der Waals surface area contributed by atoms with Gasteiger partial charge in [0.2, 0.25) is 5.91 Å². The third-order valence-corrected chi connectivity index (χ3v) is 6.00. The Kier molecular flexibility index (Phi) is 5.77. The first kappa shape index (κ1) is 18.4. The molecule has 0 spiro atoms. The van der Waals surface area contributed by atoms with Crippen LogP contribution in [0.1, 0.15) is 64.5 Å². The van der Waals surface area contributed by atoms with E-state index in [0.29, 0.717) is 18.5 Å². The number of hydrogen-bond donors (Lipinski definition) is 0. The third-order valence-electron chi connectivity index (χ3n) is 6.00. The summed E-state index contributed by atoms with van der Waals surface area (Å²) in [5.74, 6) is 3.30. The SMILES string of the molecule is CC1CCC(C(=O)N2CCCn3c(nnc3CN(C)C(C)C)C2)CC1. The Balaban J connectivity index is 1.67. The maximum atomic E-state index is 13.0. The number of fused-ring (bicyclic) bond motifs is 1. The normalized spacial score (nSPS) is 24.5. The van der Waals surface area contributed by atoms with E-state index in [4.69, 9.17) is 0 Å². The summed E-state index contributed by atoms with van der Waals surface area (Å²) < 4.78 is 2.23. The molecule has 1 fully saturated rings. The highest BCUT2D eigenvalue weighted by Crippen LogP contribution is 2.30. The zero-order valence-corrected chi connectivity index (χ0v) is 16.2. The lowest BCUT2D eigenvalue weighted by Gasteiger charge is -2.30. The van der Waals surface area contributed by atoms with Crippen molar-refractivity contribution in [3.63, 3.8) is 0 Å². The van der Waals surface area contributed by atoms with Gasteiger partial charge in [-0.25, -0.2) is 0 Å². The molecule has 3 rings (SSSR count). The van der Waals surface area contributed by atoms with E-state index in [0.717, 1.165) is 56.5 Å². The lowest BCUT2D eigenvalue weighted by Crippen LogP contribution is -2.37. The maximum absolute atomic E-state index is 13.0. The molecule has 2 heterocycles. The van der Waals surface area contributed by atoms with Crippen molar-refractivity contribution in [1.29, 1.82) is 0 Å². The number of aromatic nitrogens is 3. The number of hydrogen-bond acceptors (Lipinski definition) is 4. The zero-order valence-electron chi connectivity index (χ0n) is 16.2. The molecule has 0 bridgehead atoms. The van der Waals surface area contributed by atoms with Crippen molar-refractivity contribution < 1.29 is 4.79 Å². The van der Waals surface area contributed by atoms with E-state index >= 15 is 0 Å². The van der Waals surface area contributed by atoms with Crippen molar-refractivity contribution in [1.82, 2.24) is 24.6 Å². The standard InChI is InChI=1S/C19H33N5O/c1-14(2)22(4)12-17-20-21-18-13-23(10-5-11-24(17)18)19(25)16-8-6-15(3)7-9-16/h14-16H,5-13H2,1-4H3. The van der Waals surface area contributed by atoms with Crippen LogP contribution in [0.5, 0.6) is 0 Å². The Morgan fingerprint density at radius 1 is 1.20 bits per heavy atom. The highest BCUT2D eigenvalue weighted by atomic mass is 16.2. The molecule has 0 atom stereocenters. The molecule has 140 valence electrons. The zero-order chi connectivity index (χ0) is 18.0. The summed E-state index contributed by atoms with van der Waals surface area (Å²) in [5.41, 5.74) is 0. The fraction of sp³-hybridized carbons (Fsp3) is 0.842. The van der Waals surface area contributed by atoms with Crippen LogP contribution in [0, 0.1) is 11.8 Å². The molecule has 1 aliphatic carbocycles. The minimum Gasteiger partial charge on any atom is -0.335 e. The van der Waals surface area contributed by atoms with E-state index in [1.807, 2.05) is 4.90 Å². The van der Waals surface area contributed by atoms with Crippen LogP contribution in [-0.4, -0.2) is 50.1 Å². The van der Waals surface area contributed by atoms with Crippen LogP contribution in [-0.2, 0) is 24.4 Å². The second-order valence-corrected chi connectivity index (χ2v) is 8.26. The van der Waals surface area contributed by atoms with Gasteiger partial charge in [-0.1, -0.05) is 6.92 Å². The van der Waals surface area contributed by atoms with Crippen molar-refractivity contribution in [3.05, 3.63) is 11.6 Å². The highest BCUT2D eigenvalue weighted by Gasteiger charge is 2.30. The van der Waals surface area contributed by atoms with E-state index in [1.165, 1.54) is 12.8 Å². The lowest BCUT2D eigenvalue weighted by atomic mass is 9.82.